The van der Waals surface area contributed by atoms with Crippen LogP contribution in [-0.4, -0.2) is 28.1 Å². The second-order valence-electron chi connectivity index (χ2n) is 2.81. The van der Waals surface area contributed by atoms with Gasteiger partial charge in [0, 0.05) is 0 Å². The first-order chi connectivity index (χ1) is 7.90. The molecule has 7 nitrogen and oxygen atoms in total. The molecular weight excluding hydrogens is 242 g/mol. The van der Waals surface area contributed by atoms with Gasteiger partial charge in [-0.05, 0) is 9.91 Å². The van der Waals surface area contributed by atoms with E-state index in [0.717, 1.165) is 7.11 Å². The van der Waals surface area contributed by atoms with Crippen molar-refractivity contribution in [3.05, 3.63) is 27.4 Å². The Morgan fingerprint density at radius 1 is 1.65 bits per heavy atom. The highest BCUT2D eigenvalue weighted by Gasteiger charge is 2.33. The summed E-state index contributed by atoms with van der Waals surface area (Å²) < 4.78 is 29.5. The largest absolute Gasteiger partial charge is 0.504 e. The Balaban J connectivity index is 3.60. The van der Waals surface area contributed by atoms with Crippen LogP contribution in [0.2, 0.25) is 0 Å². The van der Waals surface area contributed by atoms with Gasteiger partial charge in [0.25, 0.3) is 6.43 Å². The maximum Gasteiger partial charge on any atom is 0.373 e. The van der Waals surface area contributed by atoms with Gasteiger partial charge in [0.1, 0.15) is 11.1 Å². The fourth-order valence-corrected chi connectivity index (χ4v) is 1.17. The number of alkyl halides is 2. The van der Waals surface area contributed by atoms with E-state index in [1.165, 1.54) is 0 Å². The van der Waals surface area contributed by atoms with Gasteiger partial charge in [0.15, 0.2) is 11.9 Å². The molecule has 0 unspecified atom stereocenters. The summed E-state index contributed by atoms with van der Waals surface area (Å²) in [4.78, 5) is 23.5. The quantitative estimate of drug-likeness (QED) is 0.493. The number of aromatic nitrogens is 1. The molecule has 0 atom stereocenters. The van der Waals surface area contributed by atoms with Crippen molar-refractivity contribution in [1.82, 2.24) is 4.98 Å². The smallest absolute Gasteiger partial charge is 0.373 e. The van der Waals surface area contributed by atoms with Crippen LogP contribution in [0.1, 0.15) is 22.3 Å². The van der Waals surface area contributed by atoms with Gasteiger partial charge in [-0.3, -0.25) is 0 Å². The minimum atomic E-state index is -3.34. The van der Waals surface area contributed by atoms with Crippen LogP contribution in [0, 0.1) is 10.1 Å². The summed E-state index contributed by atoms with van der Waals surface area (Å²) in [7, 11) is 0.892. The van der Waals surface area contributed by atoms with E-state index in [1.54, 1.807) is 0 Å². The molecule has 0 saturated heterocycles. The van der Waals surface area contributed by atoms with Gasteiger partial charge in [-0.25, -0.2) is 13.6 Å². The molecule has 1 aromatic heterocycles. The van der Waals surface area contributed by atoms with E-state index in [2.05, 4.69) is 9.72 Å². The van der Waals surface area contributed by atoms with Crippen LogP contribution >= 0.6 is 0 Å². The Morgan fingerprint density at radius 3 is 2.65 bits per heavy atom. The number of nitro groups is 1. The number of carbonyl (C=O) groups excluding carboxylic acids is 1. The third-order valence-electron chi connectivity index (χ3n) is 1.86. The van der Waals surface area contributed by atoms with Gasteiger partial charge in [-0.15, -0.1) is 0 Å². The lowest BCUT2D eigenvalue weighted by Crippen LogP contribution is -2.10. The van der Waals surface area contributed by atoms with E-state index in [9.17, 15) is 28.8 Å². The van der Waals surface area contributed by atoms with Crippen LogP contribution in [0.15, 0.2) is 6.20 Å². The molecule has 0 saturated carbocycles. The highest BCUT2D eigenvalue weighted by Crippen LogP contribution is 2.35. The second-order valence-corrected chi connectivity index (χ2v) is 2.81. The number of hydrogen-bond acceptors (Lipinski definition) is 6. The zero-order valence-electron chi connectivity index (χ0n) is 8.39. The standard InChI is InChI=1S/C8H6F2N2O5/c1-17-8(14)4-3(13)2-11-7(12(15)16)5(4)6(9)10/h2,6,13H,1H3. The average Bonchev–Trinajstić information content (AvgIpc) is 2.26. The Labute approximate surface area is 92.8 Å². The number of rotatable bonds is 3. The topological polar surface area (TPSA) is 103 Å². The molecule has 17 heavy (non-hydrogen) atoms. The van der Waals surface area contributed by atoms with E-state index < -0.39 is 40.0 Å². The summed E-state index contributed by atoms with van der Waals surface area (Å²) in [5.74, 6) is -3.40. The van der Waals surface area contributed by atoms with E-state index in [4.69, 9.17) is 0 Å². The Bertz CT molecular complexity index is 477. The number of ether oxygens (including phenoxy) is 1. The molecule has 0 aromatic carbocycles. The average molecular weight is 248 g/mol. The Kier molecular flexibility index (Phi) is 3.51. The van der Waals surface area contributed by atoms with Crippen LogP contribution in [0.3, 0.4) is 0 Å². The number of hydrogen-bond donors (Lipinski definition) is 1. The second kappa shape index (κ2) is 4.68. The maximum atomic E-state index is 12.7. The molecule has 9 heteroatoms. The van der Waals surface area contributed by atoms with Crippen LogP contribution < -0.4 is 0 Å². The monoisotopic (exact) mass is 248 g/mol. The van der Waals surface area contributed by atoms with E-state index in [1.807, 2.05) is 0 Å². The molecule has 0 spiro atoms. The highest BCUT2D eigenvalue weighted by atomic mass is 19.3. The highest BCUT2D eigenvalue weighted by molar-refractivity contribution is 5.94. The number of nitrogens with zero attached hydrogens (tertiary/aromatic N) is 2. The molecule has 0 amide bonds. The molecule has 0 aliphatic carbocycles. The van der Waals surface area contributed by atoms with Gasteiger partial charge in [-0.2, -0.15) is 0 Å². The molecule has 1 aromatic rings. The number of methoxy groups -OCH3 is 1. The fourth-order valence-electron chi connectivity index (χ4n) is 1.17. The summed E-state index contributed by atoms with van der Waals surface area (Å²) in [6.07, 6.45) is -2.81. The van der Waals surface area contributed by atoms with Crippen molar-refractivity contribution in [2.24, 2.45) is 0 Å². The molecule has 0 fully saturated rings. The van der Waals surface area contributed by atoms with Crippen molar-refractivity contribution in [2.75, 3.05) is 7.11 Å². The lowest BCUT2D eigenvalue weighted by Gasteiger charge is -2.07. The minimum absolute atomic E-state index is 0.538. The molecule has 1 heterocycles. The van der Waals surface area contributed by atoms with E-state index in [-0.39, 0.29) is 0 Å². The predicted octanol–water partition coefficient (Wildman–Crippen LogP) is 1.42. The molecule has 0 radical (unpaired) electrons. The SMILES string of the molecule is COC(=O)c1c(O)cnc([N+](=O)[O-])c1C(F)F. The molecule has 0 aliphatic rings. The van der Waals surface area contributed by atoms with Crippen molar-refractivity contribution < 1.29 is 28.3 Å². The molecule has 1 rings (SSSR count). The molecular formula is C8H6F2N2O5. The molecule has 0 aliphatic heterocycles. The van der Waals surface area contributed by atoms with Gasteiger partial charge in [-0.1, -0.05) is 0 Å². The van der Waals surface area contributed by atoms with E-state index in [0.29, 0.717) is 6.20 Å². The van der Waals surface area contributed by atoms with Crippen molar-refractivity contribution in [3.8, 4) is 5.75 Å². The zero-order chi connectivity index (χ0) is 13.2. The molecule has 1 N–H and O–H groups in total. The van der Waals surface area contributed by atoms with Crippen LogP contribution in [-0.2, 0) is 4.74 Å². The third kappa shape index (κ3) is 2.27. The summed E-state index contributed by atoms with van der Waals surface area (Å²) >= 11 is 0. The summed E-state index contributed by atoms with van der Waals surface area (Å²) in [6.45, 7) is 0. The zero-order valence-corrected chi connectivity index (χ0v) is 8.39. The lowest BCUT2D eigenvalue weighted by molar-refractivity contribution is -0.391. The van der Waals surface area contributed by atoms with Gasteiger partial charge >= 0.3 is 11.8 Å². The third-order valence-corrected chi connectivity index (χ3v) is 1.86. The van der Waals surface area contributed by atoms with Crippen molar-refractivity contribution in [3.63, 3.8) is 0 Å². The number of halogens is 2. The summed E-state index contributed by atoms with van der Waals surface area (Å²) in [5, 5.41) is 19.7. The summed E-state index contributed by atoms with van der Waals surface area (Å²) in [5.41, 5.74) is -2.22. The fraction of sp³-hybridized carbons (Fsp3) is 0.250. The van der Waals surface area contributed by atoms with Crippen LogP contribution in [0.5, 0.6) is 5.75 Å². The first-order valence-electron chi connectivity index (χ1n) is 4.12. The number of carbonyl (C=O) groups is 1. The van der Waals surface area contributed by atoms with Gasteiger partial charge < -0.3 is 20.0 Å². The summed E-state index contributed by atoms with van der Waals surface area (Å²) in [6, 6.07) is 0. The Morgan fingerprint density at radius 2 is 2.24 bits per heavy atom. The minimum Gasteiger partial charge on any atom is -0.504 e. The first-order valence-corrected chi connectivity index (χ1v) is 4.12. The number of esters is 1. The van der Waals surface area contributed by atoms with Crippen molar-refractivity contribution in [1.29, 1.82) is 0 Å². The number of pyridine rings is 1. The lowest BCUT2D eigenvalue weighted by atomic mass is 10.1. The Hall–Kier alpha value is -2.32. The normalized spacial score (nSPS) is 10.4. The first kappa shape index (κ1) is 12.7. The van der Waals surface area contributed by atoms with Crippen LogP contribution in [0.25, 0.3) is 0 Å². The van der Waals surface area contributed by atoms with E-state index >= 15 is 0 Å². The molecule has 92 valence electrons. The van der Waals surface area contributed by atoms with Crippen LogP contribution in [0.4, 0.5) is 14.6 Å². The number of aromatic hydroxyl groups is 1. The predicted molar refractivity (Wildman–Crippen MR) is 48.9 cm³/mol. The van der Waals surface area contributed by atoms with Gasteiger partial charge in [0.2, 0.25) is 0 Å². The van der Waals surface area contributed by atoms with Gasteiger partial charge in [0.05, 0.1) is 7.11 Å². The van der Waals surface area contributed by atoms with Crippen molar-refractivity contribution in [2.45, 2.75) is 6.43 Å². The van der Waals surface area contributed by atoms with Crippen molar-refractivity contribution >= 4 is 11.8 Å². The maximum absolute atomic E-state index is 12.7. The molecule has 0 bridgehead atoms.